The van der Waals surface area contributed by atoms with Gasteiger partial charge in [-0.05, 0) is 6.92 Å². The molecule has 0 bridgehead atoms. The van der Waals surface area contributed by atoms with Crippen molar-refractivity contribution >= 4 is 11.8 Å². The first-order valence-electron chi connectivity index (χ1n) is 19.4. The van der Waals surface area contributed by atoms with Crippen molar-refractivity contribution < 1.29 is 124 Å². The molecule has 2 amide bonds. The fourth-order valence-corrected chi connectivity index (χ4v) is 7.67. The number of rotatable bonds is 14. The topological polar surface area (TPSA) is 424 Å². The number of nitrogens with one attached hydrogen (secondary N) is 2. The van der Waals surface area contributed by atoms with Gasteiger partial charge >= 0.3 is 0 Å². The Kier molecular flexibility index (Phi) is 17.5. The third kappa shape index (κ3) is 10.9. The van der Waals surface area contributed by atoms with Gasteiger partial charge in [0.2, 0.25) is 11.8 Å². The van der Waals surface area contributed by atoms with Crippen molar-refractivity contribution in [3.63, 3.8) is 0 Å². The third-order valence-corrected chi connectivity index (χ3v) is 11.1. The molecular weight excluding hydrogens is 836 g/mol. The Morgan fingerprint density at radius 2 is 0.885 bits per heavy atom. The van der Waals surface area contributed by atoms with Gasteiger partial charge in [-0.2, -0.15) is 0 Å². The van der Waals surface area contributed by atoms with Crippen molar-refractivity contribution in [2.24, 2.45) is 0 Å². The maximum Gasteiger partial charge on any atom is 0.217 e. The molecule has 0 aliphatic carbocycles. The van der Waals surface area contributed by atoms with Crippen molar-refractivity contribution in [1.82, 2.24) is 10.6 Å². The van der Waals surface area contributed by atoms with E-state index in [2.05, 4.69) is 10.6 Å². The van der Waals surface area contributed by atoms with Gasteiger partial charge in [0.25, 0.3) is 0 Å². The molecule has 0 saturated carbocycles. The first-order chi connectivity index (χ1) is 28.7. The Labute approximate surface area is 346 Å². The molecule has 25 atom stereocenters. The molecule has 354 valence electrons. The Morgan fingerprint density at radius 1 is 0.459 bits per heavy atom. The molecule has 61 heavy (non-hydrogen) atoms. The smallest absolute Gasteiger partial charge is 0.217 e. The van der Waals surface area contributed by atoms with Gasteiger partial charge in [0.1, 0.15) is 116 Å². The third-order valence-electron chi connectivity index (χ3n) is 11.1. The lowest BCUT2D eigenvalue weighted by molar-refractivity contribution is -0.377. The van der Waals surface area contributed by atoms with Crippen molar-refractivity contribution in [3.8, 4) is 0 Å². The molecule has 0 aromatic carbocycles. The standard InChI is InChI=1S/C34H58N2O25/c1-8-17(42)21(46)24(49)32(54-8)61-29-16(36-10(3)41)31(57-13(6-39)28(29)60-33-25(50)22(47)18(43)11(4-37)56-33)53-7-14-19(44)23(48)26(51)34(58-14)59-27-12(5-38)55-30(52)15(20(27)45)35-9(2)40/h8,11-34,37-39,42-52H,4-7H2,1-3H3,(H,35,40)(H,36,41)/t8-,11+,12+,13+,14+,15+,16+,17+,18-,19-,20+,21+,22-,23-,24-,25+,26+,27+,28+,29+,30?,31+,32-,33-,34-/m0/s1. The molecule has 0 spiro atoms. The number of aliphatic hydroxyl groups excluding tert-OH is 14. The monoisotopic (exact) mass is 894 g/mol. The summed E-state index contributed by atoms with van der Waals surface area (Å²) in [4.78, 5) is 24.4. The molecule has 5 aliphatic heterocycles. The summed E-state index contributed by atoms with van der Waals surface area (Å²) in [5, 5.41) is 152. The van der Waals surface area contributed by atoms with Crippen LogP contribution >= 0.6 is 0 Å². The molecular formula is C34H58N2O25. The van der Waals surface area contributed by atoms with Gasteiger partial charge in [0, 0.05) is 13.8 Å². The average molecular weight is 895 g/mol. The molecule has 16 N–H and O–H groups in total. The molecule has 0 aromatic heterocycles. The first-order valence-corrected chi connectivity index (χ1v) is 19.4. The number of carbonyl (C=O) groups is 2. The highest BCUT2D eigenvalue weighted by Crippen LogP contribution is 2.35. The van der Waals surface area contributed by atoms with Crippen LogP contribution in [0.2, 0.25) is 0 Å². The van der Waals surface area contributed by atoms with Gasteiger partial charge in [-0.15, -0.1) is 0 Å². The van der Waals surface area contributed by atoms with E-state index in [0.717, 1.165) is 13.8 Å². The highest BCUT2D eigenvalue weighted by atomic mass is 16.8. The van der Waals surface area contributed by atoms with Crippen molar-refractivity contribution in [2.45, 2.75) is 174 Å². The lowest BCUT2D eigenvalue weighted by Gasteiger charge is -2.50. The second-order valence-corrected chi connectivity index (χ2v) is 15.4. The summed E-state index contributed by atoms with van der Waals surface area (Å²) in [5.74, 6) is -1.47. The Hall–Kier alpha value is -1.98. The lowest BCUT2D eigenvalue weighted by atomic mass is 9.94. The predicted octanol–water partition coefficient (Wildman–Crippen LogP) is -10.6. The van der Waals surface area contributed by atoms with Crippen LogP contribution in [0.1, 0.15) is 20.8 Å². The van der Waals surface area contributed by atoms with E-state index < -0.39 is 192 Å². The number of amides is 2. The SMILES string of the molecule is CC(=O)N[C@H]1[C@H](OC[C@H]2O[C@@H](O[C@H]3[C@H](O)[C@@H](NC(C)=O)C(O)O[C@@H]3CO)[C@H](O)[C@@H](O)[C@H]2O)O[C@H](CO)[C@@H](O[C@@H]2O[C@H](CO)[C@H](O)[C@H](O)[C@H]2O)[C@@H]1O[C@@H]1O[C@@H](C)[C@@H](O)[C@@H](O)[C@@H]1O. The lowest BCUT2D eigenvalue weighted by Crippen LogP contribution is -2.70. The number of ether oxygens (including phenoxy) is 9. The zero-order chi connectivity index (χ0) is 45.2. The molecule has 1 unspecified atom stereocenters. The van der Waals surface area contributed by atoms with Crippen LogP contribution in [0, 0.1) is 0 Å². The summed E-state index contributed by atoms with van der Waals surface area (Å²) in [6.45, 7) is 0.00143. The molecule has 0 radical (unpaired) electrons. The first kappa shape index (κ1) is 50.0. The van der Waals surface area contributed by atoms with Crippen molar-refractivity contribution in [1.29, 1.82) is 0 Å². The molecule has 0 aromatic rings. The number of aliphatic hydroxyl groups is 14. The van der Waals surface area contributed by atoms with Crippen LogP contribution in [-0.4, -0.2) is 263 Å². The minimum atomic E-state index is -2.04. The maximum atomic E-state index is 12.7. The van der Waals surface area contributed by atoms with Crippen molar-refractivity contribution in [2.75, 3.05) is 26.4 Å². The molecule has 5 aliphatic rings. The van der Waals surface area contributed by atoms with E-state index in [1.807, 2.05) is 0 Å². The van der Waals surface area contributed by atoms with E-state index in [4.69, 9.17) is 42.6 Å². The van der Waals surface area contributed by atoms with Crippen LogP contribution in [-0.2, 0) is 52.2 Å². The summed E-state index contributed by atoms with van der Waals surface area (Å²) >= 11 is 0. The molecule has 5 heterocycles. The Morgan fingerprint density at radius 3 is 1.43 bits per heavy atom. The fraction of sp³-hybridized carbons (Fsp3) is 0.941. The zero-order valence-corrected chi connectivity index (χ0v) is 33.0. The zero-order valence-electron chi connectivity index (χ0n) is 33.0. The van der Waals surface area contributed by atoms with Crippen molar-refractivity contribution in [3.05, 3.63) is 0 Å². The second-order valence-electron chi connectivity index (χ2n) is 15.4. The second kappa shape index (κ2) is 21.3. The van der Waals surface area contributed by atoms with Crippen LogP contribution in [0.4, 0.5) is 0 Å². The largest absolute Gasteiger partial charge is 0.394 e. The van der Waals surface area contributed by atoms with Gasteiger partial charge in [-0.25, -0.2) is 0 Å². The van der Waals surface area contributed by atoms with Crippen LogP contribution < -0.4 is 10.6 Å². The number of hydrogen-bond donors (Lipinski definition) is 16. The number of hydrogen-bond acceptors (Lipinski definition) is 25. The summed E-state index contributed by atoms with van der Waals surface area (Å²) < 4.78 is 51.8. The van der Waals surface area contributed by atoms with Crippen LogP contribution in [0.15, 0.2) is 0 Å². The van der Waals surface area contributed by atoms with E-state index in [0.29, 0.717) is 0 Å². The minimum Gasteiger partial charge on any atom is -0.394 e. The van der Waals surface area contributed by atoms with E-state index >= 15 is 0 Å². The minimum absolute atomic E-state index is 0.684. The van der Waals surface area contributed by atoms with Gasteiger partial charge in [0.15, 0.2) is 31.5 Å². The maximum absolute atomic E-state index is 12.7. The molecule has 5 rings (SSSR count). The average Bonchev–Trinajstić information content (AvgIpc) is 3.22. The van der Waals surface area contributed by atoms with Gasteiger partial charge < -0.3 is 125 Å². The van der Waals surface area contributed by atoms with Gasteiger partial charge in [-0.3, -0.25) is 9.59 Å². The van der Waals surface area contributed by atoms with Gasteiger partial charge in [-0.1, -0.05) is 0 Å². The summed E-state index contributed by atoms with van der Waals surface area (Å²) in [6.07, 6.45) is -40.6. The molecule has 27 heteroatoms. The van der Waals surface area contributed by atoms with Gasteiger partial charge in [0.05, 0.1) is 32.5 Å². The Balaban J connectivity index is 1.42. The van der Waals surface area contributed by atoms with E-state index in [-0.39, 0.29) is 0 Å². The Bertz CT molecular complexity index is 1420. The van der Waals surface area contributed by atoms with E-state index in [1.165, 1.54) is 6.92 Å². The van der Waals surface area contributed by atoms with E-state index in [9.17, 15) is 81.1 Å². The molecule has 27 nitrogen and oxygen atoms in total. The summed E-state index contributed by atoms with van der Waals surface area (Å²) in [5.41, 5.74) is 0. The van der Waals surface area contributed by atoms with Crippen LogP contribution in [0.3, 0.4) is 0 Å². The summed E-state index contributed by atoms with van der Waals surface area (Å²) in [6, 6.07) is -3.11. The molecule has 5 saturated heterocycles. The normalized spacial score (nSPS) is 49.6. The van der Waals surface area contributed by atoms with Crippen LogP contribution in [0.25, 0.3) is 0 Å². The fourth-order valence-electron chi connectivity index (χ4n) is 7.67. The summed E-state index contributed by atoms with van der Waals surface area (Å²) in [7, 11) is 0. The highest BCUT2D eigenvalue weighted by Gasteiger charge is 2.56. The quantitative estimate of drug-likeness (QED) is 0.0770. The predicted molar refractivity (Wildman–Crippen MR) is 188 cm³/mol. The highest BCUT2D eigenvalue weighted by molar-refractivity contribution is 5.73. The molecule has 5 fully saturated rings. The van der Waals surface area contributed by atoms with E-state index in [1.54, 1.807) is 0 Å². The number of carbonyl (C=O) groups excluding carboxylic acids is 2. The van der Waals surface area contributed by atoms with Crippen LogP contribution in [0.5, 0.6) is 0 Å².